The van der Waals surface area contributed by atoms with Gasteiger partial charge in [-0.2, -0.15) is 0 Å². The quantitative estimate of drug-likeness (QED) is 0.796. The SMILES string of the molecule is CC(C)CNC(=O)C(=O)NC(C)c1ccccc1. The summed E-state index contributed by atoms with van der Waals surface area (Å²) in [6, 6.07) is 9.36. The summed E-state index contributed by atoms with van der Waals surface area (Å²) in [4.78, 5) is 23.1. The molecule has 1 aromatic carbocycles. The van der Waals surface area contributed by atoms with Crippen molar-refractivity contribution in [3.05, 3.63) is 35.9 Å². The van der Waals surface area contributed by atoms with Crippen LogP contribution in [0.25, 0.3) is 0 Å². The Morgan fingerprint density at radius 1 is 1.06 bits per heavy atom. The predicted octanol–water partition coefficient (Wildman–Crippen LogP) is 1.64. The number of hydrogen-bond acceptors (Lipinski definition) is 2. The molecule has 2 amide bonds. The lowest BCUT2D eigenvalue weighted by molar-refractivity contribution is -0.139. The Kier molecular flexibility index (Phi) is 5.36. The zero-order valence-corrected chi connectivity index (χ0v) is 11.1. The average Bonchev–Trinajstić information content (AvgIpc) is 2.36. The van der Waals surface area contributed by atoms with Crippen molar-refractivity contribution in [1.82, 2.24) is 10.6 Å². The Labute approximate surface area is 108 Å². The zero-order valence-electron chi connectivity index (χ0n) is 11.1. The number of carbonyl (C=O) groups excluding carboxylic acids is 2. The van der Waals surface area contributed by atoms with Crippen LogP contribution in [0, 0.1) is 5.92 Å². The second kappa shape index (κ2) is 6.79. The zero-order chi connectivity index (χ0) is 13.5. The molecule has 0 fully saturated rings. The van der Waals surface area contributed by atoms with E-state index in [0.29, 0.717) is 12.5 Å². The van der Waals surface area contributed by atoms with Crippen LogP contribution in [0.5, 0.6) is 0 Å². The molecule has 0 aliphatic carbocycles. The molecule has 98 valence electrons. The first-order valence-electron chi connectivity index (χ1n) is 6.14. The highest BCUT2D eigenvalue weighted by Crippen LogP contribution is 2.10. The second-order valence-electron chi connectivity index (χ2n) is 4.71. The molecule has 0 saturated heterocycles. The molecule has 1 aromatic rings. The molecular weight excluding hydrogens is 228 g/mol. The lowest BCUT2D eigenvalue weighted by Gasteiger charge is -2.14. The fourth-order valence-corrected chi connectivity index (χ4v) is 1.46. The maximum atomic E-state index is 11.6. The van der Waals surface area contributed by atoms with Crippen LogP contribution in [0.3, 0.4) is 0 Å². The molecule has 1 atom stereocenters. The van der Waals surface area contributed by atoms with E-state index >= 15 is 0 Å². The van der Waals surface area contributed by atoms with E-state index in [4.69, 9.17) is 0 Å². The van der Waals surface area contributed by atoms with Crippen LogP contribution in [-0.4, -0.2) is 18.4 Å². The molecule has 0 aromatic heterocycles. The van der Waals surface area contributed by atoms with Crippen LogP contribution >= 0.6 is 0 Å². The molecule has 1 rings (SSSR count). The van der Waals surface area contributed by atoms with Gasteiger partial charge in [0.1, 0.15) is 0 Å². The topological polar surface area (TPSA) is 58.2 Å². The summed E-state index contributed by atoms with van der Waals surface area (Å²) in [7, 11) is 0. The normalized spacial score (nSPS) is 12.0. The van der Waals surface area contributed by atoms with Crippen molar-refractivity contribution < 1.29 is 9.59 Å². The molecule has 0 heterocycles. The number of rotatable bonds is 4. The first kappa shape index (κ1) is 14.2. The van der Waals surface area contributed by atoms with E-state index in [-0.39, 0.29) is 6.04 Å². The number of nitrogens with one attached hydrogen (secondary N) is 2. The monoisotopic (exact) mass is 248 g/mol. The Morgan fingerprint density at radius 2 is 1.67 bits per heavy atom. The highest BCUT2D eigenvalue weighted by molar-refractivity contribution is 6.35. The van der Waals surface area contributed by atoms with E-state index in [9.17, 15) is 9.59 Å². The molecule has 0 aliphatic rings. The molecule has 0 bridgehead atoms. The van der Waals surface area contributed by atoms with Gasteiger partial charge in [-0.1, -0.05) is 44.2 Å². The van der Waals surface area contributed by atoms with Crippen molar-refractivity contribution in [3.8, 4) is 0 Å². The van der Waals surface area contributed by atoms with Gasteiger partial charge >= 0.3 is 11.8 Å². The van der Waals surface area contributed by atoms with Gasteiger partial charge in [0.05, 0.1) is 6.04 Å². The highest BCUT2D eigenvalue weighted by Gasteiger charge is 2.16. The Hall–Kier alpha value is -1.84. The third-order valence-corrected chi connectivity index (χ3v) is 2.52. The summed E-state index contributed by atoms with van der Waals surface area (Å²) in [6.07, 6.45) is 0. The van der Waals surface area contributed by atoms with Crippen molar-refractivity contribution in [3.63, 3.8) is 0 Å². The summed E-state index contributed by atoms with van der Waals surface area (Å²) in [6.45, 7) is 6.31. The minimum absolute atomic E-state index is 0.177. The van der Waals surface area contributed by atoms with Crippen LogP contribution in [-0.2, 0) is 9.59 Å². The fraction of sp³-hybridized carbons (Fsp3) is 0.429. The van der Waals surface area contributed by atoms with Crippen molar-refractivity contribution in [2.45, 2.75) is 26.8 Å². The Morgan fingerprint density at radius 3 is 2.22 bits per heavy atom. The van der Waals surface area contributed by atoms with E-state index in [1.807, 2.05) is 51.1 Å². The molecule has 0 radical (unpaired) electrons. The first-order valence-corrected chi connectivity index (χ1v) is 6.14. The minimum atomic E-state index is -0.591. The largest absolute Gasteiger partial charge is 0.348 e. The van der Waals surface area contributed by atoms with Gasteiger partial charge in [-0.05, 0) is 18.4 Å². The number of carbonyl (C=O) groups is 2. The summed E-state index contributed by atoms with van der Waals surface area (Å²) in [5.41, 5.74) is 0.975. The summed E-state index contributed by atoms with van der Waals surface area (Å²) < 4.78 is 0. The van der Waals surface area contributed by atoms with Crippen LogP contribution < -0.4 is 10.6 Å². The van der Waals surface area contributed by atoms with Crippen molar-refractivity contribution in [2.75, 3.05) is 6.54 Å². The van der Waals surface area contributed by atoms with Crippen molar-refractivity contribution in [1.29, 1.82) is 0 Å². The van der Waals surface area contributed by atoms with Gasteiger partial charge in [0.2, 0.25) is 0 Å². The number of hydrogen-bond donors (Lipinski definition) is 2. The Balaban J connectivity index is 2.47. The lowest BCUT2D eigenvalue weighted by Crippen LogP contribution is -2.42. The van der Waals surface area contributed by atoms with Crippen LogP contribution in [0.15, 0.2) is 30.3 Å². The first-order chi connectivity index (χ1) is 8.50. The number of amides is 2. The number of benzene rings is 1. The molecule has 0 saturated carbocycles. The molecular formula is C14H20N2O2. The van der Waals surface area contributed by atoms with E-state index in [0.717, 1.165) is 5.56 Å². The summed E-state index contributed by atoms with van der Waals surface area (Å²) in [5.74, 6) is -0.841. The maximum absolute atomic E-state index is 11.6. The van der Waals surface area contributed by atoms with Gasteiger partial charge < -0.3 is 10.6 Å². The maximum Gasteiger partial charge on any atom is 0.309 e. The van der Waals surface area contributed by atoms with Gasteiger partial charge in [-0.25, -0.2) is 0 Å². The van der Waals surface area contributed by atoms with Crippen molar-refractivity contribution >= 4 is 11.8 Å². The van der Waals surface area contributed by atoms with E-state index in [1.54, 1.807) is 0 Å². The molecule has 4 heteroatoms. The molecule has 0 spiro atoms. The van der Waals surface area contributed by atoms with Gasteiger partial charge in [0.25, 0.3) is 0 Å². The van der Waals surface area contributed by atoms with E-state index in [1.165, 1.54) is 0 Å². The minimum Gasteiger partial charge on any atom is -0.348 e. The van der Waals surface area contributed by atoms with E-state index in [2.05, 4.69) is 10.6 Å². The fourth-order valence-electron chi connectivity index (χ4n) is 1.46. The third-order valence-electron chi connectivity index (χ3n) is 2.52. The third kappa shape index (κ3) is 4.57. The van der Waals surface area contributed by atoms with Gasteiger partial charge in [-0.15, -0.1) is 0 Å². The molecule has 18 heavy (non-hydrogen) atoms. The van der Waals surface area contributed by atoms with Crippen LogP contribution in [0.2, 0.25) is 0 Å². The molecule has 0 aliphatic heterocycles. The van der Waals surface area contributed by atoms with Gasteiger partial charge in [0, 0.05) is 6.54 Å². The standard InChI is InChI=1S/C14H20N2O2/c1-10(2)9-15-13(17)14(18)16-11(3)12-7-5-4-6-8-12/h4-8,10-11H,9H2,1-3H3,(H,15,17)(H,16,18). The highest BCUT2D eigenvalue weighted by atomic mass is 16.2. The summed E-state index contributed by atoms with van der Waals surface area (Å²) >= 11 is 0. The summed E-state index contributed by atoms with van der Waals surface area (Å²) in [5, 5.41) is 5.26. The molecule has 4 nitrogen and oxygen atoms in total. The second-order valence-corrected chi connectivity index (χ2v) is 4.71. The Bertz CT molecular complexity index is 402. The predicted molar refractivity (Wildman–Crippen MR) is 70.8 cm³/mol. The molecule has 2 N–H and O–H groups in total. The van der Waals surface area contributed by atoms with Gasteiger partial charge in [0.15, 0.2) is 0 Å². The average molecular weight is 248 g/mol. The lowest BCUT2D eigenvalue weighted by atomic mass is 10.1. The van der Waals surface area contributed by atoms with Gasteiger partial charge in [-0.3, -0.25) is 9.59 Å². The smallest absolute Gasteiger partial charge is 0.309 e. The molecule has 1 unspecified atom stereocenters. The van der Waals surface area contributed by atoms with Crippen molar-refractivity contribution in [2.24, 2.45) is 5.92 Å². The van der Waals surface area contributed by atoms with E-state index < -0.39 is 11.8 Å². The van der Waals surface area contributed by atoms with Crippen LogP contribution in [0.4, 0.5) is 0 Å². The van der Waals surface area contributed by atoms with Crippen LogP contribution in [0.1, 0.15) is 32.4 Å².